The minimum atomic E-state index is -0.466. The van der Waals surface area contributed by atoms with E-state index in [1.54, 1.807) is 13.0 Å². The van der Waals surface area contributed by atoms with Crippen molar-refractivity contribution in [2.24, 2.45) is 0 Å². The number of anilines is 1. The predicted octanol–water partition coefficient (Wildman–Crippen LogP) is 2.31. The Balaban J connectivity index is 2.18. The first-order valence-corrected chi connectivity index (χ1v) is 6.74. The predicted molar refractivity (Wildman–Crippen MR) is 77.2 cm³/mol. The van der Waals surface area contributed by atoms with Crippen LogP contribution in [0.25, 0.3) is 0 Å². The minimum absolute atomic E-state index is 0.0193. The van der Waals surface area contributed by atoms with Gasteiger partial charge < -0.3 is 9.80 Å². The molecule has 1 atom stereocenters. The van der Waals surface area contributed by atoms with Crippen molar-refractivity contribution in [2.75, 3.05) is 24.5 Å². The fraction of sp³-hybridized carbons (Fsp3) is 0.462. The van der Waals surface area contributed by atoms with E-state index in [4.69, 9.17) is 11.6 Å². The lowest BCUT2D eigenvalue weighted by Gasteiger charge is -2.40. The molecule has 108 valence electrons. The second-order valence-corrected chi connectivity index (χ2v) is 5.31. The topological polar surface area (TPSA) is 66.7 Å². The lowest BCUT2D eigenvalue weighted by atomic mass is 10.1. The highest BCUT2D eigenvalue weighted by atomic mass is 35.5. The Labute approximate surface area is 122 Å². The molecule has 0 spiro atoms. The summed E-state index contributed by atoms with van der Waals surface area (Å²) in [4.78, 5) is 25.5. The van der Waals surface area contributed by atoms with Gasteiger partial charge in [0.2, 0.25) is 5.91 Å². The zero-order valence-electron chi connectivity index (χ0n) is 11.4. The van der Waals surface area contributed by atoms with Crippen molar-refractivity contribution < 1.29 is 9.72 Å². The first-order valence-electron chi connectivity index (χ1n) is 6.36. The largest absolute Gasteiger partial charge is 0.366 e. The summed E-state index contributed by atoms with van der Waals surface area (Å²) in [6, 6.07) is 4.56. The molecule has 1 saturated heterocycles. The number of hydrogen-bond acceptors (Lipinski definition) is 4. The summed E-state index contributed by atoms with van der Waals surface area (Å²) < 4.78 is 0. The maximum atomic E-state index is 11.4. The number of nitro groups is 1. The van der Waals surface area contributed by atoms with Gasteiger partial charge in [-0.1, -0.05) is 11.6 Å². The average Bonchev–Trinajstić information content (AvgIpc) is 2.37. The van der Waals surface area contributed by atoms with Crippen LogP contribution in [0.3, 0.4) is 0 Å². The third kappa shape index (κ3) is 2.85. The van der Waals surface area contributed by atoms with E-state index in [-0.39, 0.29) is 17.6 Å². The summed E-state index contributed by atoms with van der Waals surface area (Å²) in [5.74, 6) is 0.0620. The van der Waals surface area contributed by atoms with Crippen LogP contribution in [-0.4, -0.2) is 41.4 Å². The zero-order chi connectivity index (χ0) is 14.9. The molecule has 0 aliphatic carbocycles. The highest BCUT2D eigenvalue weighted by Gasteiger charge is 2.26. The van der Waals surface area contributed by atoms with Gasteiger partial charge in [0.05, 0.1) is 15.6 Å². The Morgan fingerprint density at radius 3 is 2.65 bits per heavy atom. The molecule has 0 aromatic heterocycles. The average molecular weight is 298 g/mol. The molecule has 6 nitrogen and oxygen atoms in total. The standard InChI is InChI=1S/C13H16ClN3O3/c1-9-8-15(5-6-16(9)10(2)18)13-4-3-11(17(19)20)7-12(13)14/h3-4,7,9H,5-6,8H2,1-2H3/t9-/m1/s1. The summed E-state index contributed by atoms with van der Waals surface area (Å²) >= 11 is 6.13. The molecule has 1 aromatic carbocycles. The van der Waals surface area contributed by atoms with Gasteiger partial charge in [-0.05, 0) is 13.0 Å². The van der Waals surface area contributed by atoms with Crippen LogP contribution in [0.15, 0.2) is 18.2 Å². The Morgan fingerprint density at radius 2 is 2.15 bits per heavy atom. The van der Waals surface area contributed by atoms with E-state index in [0.29, 0.717) is 24.7 Å². The number of amides is 1. The van der Waals surface area contributed by atoms with E-state index >= 15 is 0 Å². The molecule has 1 aliphatic heterocycles. The molecule has 0 bridgehead atoms. The maximum absolute atomic E-state index is 11.4. The summed E-state index contributed by atoms with van der Waals surface area (Å²) in [6.07, 6.45) is 0. The third-order valence-corrected chi connectivity index (χ3v) is 3.82. The van der Waals surface area contributed by atoms with Gasteiger partial charge in [-0.3, -0.25) is 14.9 Å². The fourth-order valence-corrected chi connectivity index (χ4v) is 2.80. The second kappa shape index (κ2) is 5.66. The van der Waals surface area contributed by atoms with Crippen molar-refractivity contribution in [2.45, 2.75) is 19.9 Å². The van der Waals surface area contributed by atoms with E-state index < -0.39 is 4.92 Å². The monoisotopic (exact) mass is 297 g/mol. The molecule has 2 rings (SSSR count). The summed E-state index contributed by atoms with van der Waals surface area (Å²) in [6.45, 7) is 5.50. The molecule has 1 aliphatic rings. The zero-order valence-corrected chi connectivity index (χ0v) is 12.1. The Hall–Kier alpha value is -1.82. The van der Waals surface area contributed by atoms with Crippen molar-refractivity contribution in [1.29, 1.82) is 0 Å². The number of piperazine rings is 1. The van der Waals surface area contributed by atoms with E-state index in [0.717, 1.165) is 5.69 Å². The highest BCUT2D eigenvalue weighted by Crippen LogP contribution is 2.31. The summed E-state index contributed by atoms with van der Waals surface area (Å²) in [5.41, 5.74) is 0.751. The molecule has 1 aromatic rings. The number of rotatable bonds is 2. The van der Waals surface area contributed by atoms with Gasteiger partial charge in [-0.15, -0.1) is 0 Å². The number of halogens is 1. The van der Waals surface area contributed by atoms with Crippen LogP contribution in [0.1, 0.15) is 13.8 Å². The van der Waals surface area contributed by atoms with Crippen molar-refractivity contribution in [3.05, 3.63) is 33.3 Å². The van der Waals surface area contributed by atoms with Crippen LogP contribution >= 0.6 is 11.6 Å². The summed E-state index contributed by atoms with van der Waals surface area (Å²) in [7, 11) is 0. The number of carbonyl (C=O) groups is 1. The lowest BCUT2D eigenvalue weighted by molar-refractivity contribution is -0.384. The molecule has 1 heterocycles. The van der Waals surface area contributed by atoms with Crippen LogP contribution in [0.4, 0.5) is 11.4 Å². The number of hydrogen-bond donors (Lipinski definition) is 0. The van der Waals surface area contributed by atoms with Gasteiger partial charge in [0.15, 0.2) is 0 Å². The smallest absolute Gasteiger partial charge is 0.271 e. The molecule has 0 N–H and O–H groups in total. The van der Waals surface area contributed by atoms with Gasteiger partial charge in [0.25, 0.3) is 5.69 Å². The molecule has 20 heavy (non-hydrogen) atoms. The summed E-state index contributed by atoms with van der Waals surface area (Å²) in [5, 5.41) is 11.1. The van der Waals surface area contributed by atoms with Crippen LogP contribution in [0.2, 0.25) is 5.02 Å². The normalized spacial score (nSPS) is 19.1. The van der Waals surface area contributed by atoms with E-state index in [1.165, 1.54) is 12.1 Å². The SMILES string of the molecule is CC(=O)N1CCN(c2ccc([N+](=O)[O-])cc2Cl)C[C@H]1C. The Kier molecular flexibility index (Phi) is 4.13. The van der Waals surface area contributed by atoms with Gasteiger partial charge in [-0.25, -0.2) is 0 Å². The Morgan fingerprint density at radius 1 is 1.45 bits per heavy atom. The molecule has 1 fully saturated rings. The molecule has 7 heteroatoms. The molecule has 0 saturated carbocycles. The van der Waals surface area contributed by atoms with Crippen molar-refractivity contribution in [3.63, 3.8) is 0 Å². The van der Waals surface area contributed by atoms with Crippen LogP contribution in [0, 0.1) is 10.1 Å². The number of nitro benzene ring substituents is 1. The van der Waals surface area contributed by atoms with Gasteiger partial charge in [-0.2, -0.15) is 0 Å². The minimum Gasteiger partial charge on any atom is -0.366 e. The van der Waals surface area contributed by atoms with E-state index in [2.05, 4.69) is 4.90 Å². The number of carbonyl (C=O) groups excluding carboxylic acids is 1. The number of non-ortho nitro benzene ring substituents is 1. The van der Waals surface area contributed by atoms with E-state index in [1.807, 2.05) is 11.8 Å². The number of benzene rings is 1. The first kappa shape index (κ1) is 14.6. The molecule has 1 amide bonds. The van der Waals surface area contributed by atoms with Gasteiger partial charge in [0, 0.05) is 44.7 Å². The first-order chi connectivity index (χ1) is 9.40. The van der Waals surface area contributed by atoms with Gasteiger partial charge >= 0.3 is 0 Å². The lowest BCUT2D eigenvalue weighted by Crippen LogP contribution is -2.53. The Bertz CT molecular complexity index is 550. The third-order valence-electron chi connectivity index (χ3n) is 3.51. The maximum Gasteiger partial charge on any atom is 0.271 e. The van der Waals surface area contributed by atoms with Crippen LogP contribution < -0.4 is 4.90 Å². The highest BCUT2D eigenvalue weighted by molar-refractivity contribution is 6.33. The quantitative estimate of drug-likeness (QED) is 0.620. The molecule has 0 unspecified atom stereocenters. The number of nitrogens with zero attached hydrogens (tertiary/aromatic N) is 3. The van der Waals surface area contributed by atoms with Crippen molar-refractivity contribution in [1.82, 2.24) is 4.90 Å². The van der Waals surface area contributed by atoms with Crippen LogP contribution in [-0.2, 0) is 4.79 Å². The van der Waals surface area contributed by atoms with Crippen molar-refractivity contribution >= 4 is 28.9 Å². The van der Waals surface area contributed by atoms with Gasteiger partial charge in [0.1, 0.15) is 0 Å². The van der Waals surface area contributed by atoms with Crippen LogP contribution in [0.5, 0.6) is 0 Å². The molecular formula is C13H16ClN3O3. The van der Waals surface area contributed by atoms with E-state index in [9.17, 15) is 14.9 Å². The second-order valence-electron chi connectivity index (χ2n) is 4.90. The molecule has 0 radical (unpaired) electrons. The van der Waals surface area contributed by atoms with Crippen molar-refractivity contribution in [3.8, 4) is 0 Å². The molecular weight excluding hydrogens is 282 g/mol. The fourth-order valence-electron chi connectivity index (χ4n) is 2.51.